The zero-order chi connectivity index (χ0) is 17.3. The molecule has 1 aliphatic carbocycles. The molecule has 0 saturated heterocycles. The predicted octanol–water partition coefficient (Wildman–Crippen LogP) is 3.25. The molecule has 2 rings (SSSR count). The second-order valence-electron chi connectivity index (χ2n) is 7.99. The number of aromatic nitrogens is 2. The van der Waals surface area contributed by atoms with E-state index >= 15 is 0 Å². The normalized spacial score (nSPS) is 25.2. The standard InChI is InChI=1S/C17H27FN4O/c1-16(2,3)9-13-12(14(19)23)10-20-15(22-13)21-11-5-7-17(4,18)8-6-11/h10-11H,5-9H2,1-4H3,(H2,19,23)(H,20,21,22). The molecule has 0 aromatic carbocycles. The van der Waals surface area contributed by atoms with Gasteiger partial charge in [0.05, 0.1) is 11.3 Å². The number of amides is 1. The van der Waals surface area contributed by atoms with Crippen LogP contribution in [0, 0.1) is 5.41 Å². The quantitative estimate of drug-likeness (QED) is 0.891. The third-order valence-electron chi connectivity index (χ3n) is 4.19. The minimum absolute atomic E-state index is 0.0172. The van der Waals surface area contributed by atoms with Gasteiger partial charge in [-0.15, -0.1) is 0 Å². The van der Waals surface area contributed by atoms with Crippen LogP contribution in [0.1, 0.15) is 69.4 Å². The molecule has 0 atom stereocenters. The van der Waals surface area contributed by atoms with Gasteiger partial charge in [-0.05, 0) is 44.4 Å². The van der Waals surface area contributed by atoms with Gasteiger partial charge in [0.15, 0.2) is 0 Å². The number of primary amides is 1. The lowest BCUT2D eigenvalue weighted by molar-refractivity contribution is 0.0998. The Morgan fingerprint density at radius 1 is 1.43 bits per heavy atom. The monoisotopic (exact) mass is 322 g/mol. The molecule has 1 aliphatic rings. The molecule has 3 N–H and O–H groups in total. The number of nitrogens with one attached hydrogen (secondary N) is 1. The number of rotatable bonds is 4. The molecule has 0 aliphatic heterocycles. The highest BCUT2D eigenvalue weighted by molar-refractivity contribution is 5.93. The third-order valence-corrected chi connectivity index (χ3v) is 4.19. The van der Waals surface area contributed by atoms with Crippen molar-refractivity contribution >= 4 is 11.9 Å². The molecule has 5 nitrogen and oxygen atoms in total. The minimum atomic E-state index is -1.06. The van der Waals surface area contributed by atoms with Gasteiger partial charge < -0.3 is 11.1 Å². The van der Waals surface area contributed by atoms with Gasteiger partial charge >= 0.3 is 0 Å². The lowest BCUT2D eigenvalue weighted by Gasteiger charge is -2.31. The van der Waals surface area contributed by atoms with E-state index in [1.807, 2.05) is 0 Å². The molecule has 128 valence electrons. The lowest BCUT2D eigenvalue weighted by Crippen LogP contribution is -2.33. The molecule has 0 unspecified atom stereocenters. The van der Waals surface area contributed by atoms with Crippen LogP contribution < -0.4 is 11.1 Å². The topological polar surface area (TPSA) is 80.9 Å². The van der Waals surface area contributed by atoms with E-state index < -0.39 is 11.6 Å². The van der Waals surface area contributed by atoms with Crippen LogP contribution in [0.3, 0.4) is 0 Å². The number of halogens is 1. The Morgan fingerprint density at radius 2 is 2.04 bits per heavy atom. The van der Waals surface area contributed by atoms with Crippen molar-refractivity contribution in [3.8, 4) is 0 Å². The highest BCUT2D eigenvalue weighted by Gasteiger charge is 2.31. The summed E-state index contributed by atoms with van der Waals surface area (Å²) in [5, 5.41) is 3.27. The number of alkyl halides is 1. The summed E-state index contributed by atoms with van der Waals surface area (Å²) in [6, 6.07) is 0.167. The van der Waals surface area contributed by atoms with E-state index in [-0.39, 0.29) is 11.5 Å². The number of hydrogen-bond donors (Lipinski definition) is 2. The highest BCUT2D eigenvalue weighted by atomic mass is 19.1. The first-order valence-corrected chi connectivity index (χ1v) is 8.17. The van der Waals surface area contributed by atoms with Gasteiger partial charge in [-0.1, -0.05) is 20.8 Å². The van der Waals surface area contributed by atoms with E-state index in [1.54, 1.807) is 6.92 Å². The fourth-order valence-corrected chi connectivity index (χ4v) is 2.88. The molecule has 1 aromatic heterocycles. The Labute approximate surface area is 137 Å². The van der Waals surface area contributed by atoms with Gasteiger partial charge in [-0.25, -0.2) is 14.4 Å². The van der Waals surface area contributed by atoms with Crippen molar-refractivity contribution < 1.29 is 9.18 Å². The number of nitrogens with two attached hydrogens (primary N) is 1. The maximum absolute atomic E-state index is 13.9. The fraction of sp³-hybridized carbons (Fsp3) is 0.706. The largest absolute Gasteiger partial charge is 0.365 e. The Kier molecular flexibility index (Phi) is 4.92. The molecule has 6 heteroatoms. The summed E-state index contributed by atoms with van der Waals surface area (Å²) in [7, 11) is 0. The number of carbonyl (C=O) groups is 1. The SMILES string of the molecule is CC(C)(C)Cc1nc(NC2CCC(C)(F)CC2)ncc1C(N)=O. The van der Waals surface area contributed by atoms with Gasteiger partial charge in [-0.3, -0.25) is 4.79 Å². The van der Waals surface area contributed by atoms with Gasteiger partial charge in [0.1, 0.15) is 5.67 Å². The summed E-state index contributed by atoms with van der Waals surface area (Å²) in [5.74, 6) is -0.0247. The van der Waals surface area contributed by atoms with Crippen molar-refractivity contribution in [2.45, 2.75) is 71.5 Å². The second kappa shape index (κ2) is 6.42. The van der Waals surface area contributed by atoms with Crippen molar-refractivity contribution in [2.24, 2.45) is 11.1 Å². The summed E-state index contributed by atoms with van der Waals surface area (Å²) in [5.41, 5.74) is 5.36. The maximum Gasteiger partial charge on any atom is 0.252 e. The lowest BCUT2D eigenvalue weighted by atomic mass is 9.85. The highest BCUT2D eigenvalue weighted by Crippen LogP contribution is 2.32. The summed E-state index contributed by atoms with van der Waals surface area (Å²) >= 11 is 0. The molecule has 0 spiro atoms. The van der Waals surface area contributed by atoms with Crippen LogP contribution in [0.15, 0.2) is 6.20 Å². The van der Waals surface area contributed by atoms with E-state index in [2.05, 4.69) is 36.1 Å². The zero-order valence-corrected chi connectivity index (χ0v) is 14.4. The zero-order valence-electron chi connectivity index (χ0n) is 14.4. The molecule has 1 fully saturated rings. The van der Waals surface area contributed by atoms with Crippen LogP contribution in [-0.2, 0) is 6.42 Å². The molecule has 1 heterocycles. The van der Waals surface area contributed by atoms with Crippen LogP contribution in [0.25, 0.3) is 0 Å². The first-order valence-electron chi connectivity index (χ1n) is 8.17. The molecule has 1 amide bonds. The Balaban J connectivity index is 2.14. The van der Waals surface area contributed by atoms with Crippen molar-refractivity contribution in [3.05, 3.63) is 17.5 Å². The minimum Gasteiger partial charge on any atom is -0.365 e. The van der Waals surface area contributed by atoms with Gasteiger partial charge in [0, 0.05) is 12.2 Å². The van der Waals surface area contributed by atoms with E-state index in [9.17, 15) is 9.18 Å². The average Bonchev–Trinajstić information content (AvgIpc) is 2.39. The smallest absolute Gasteiger partial charge is 0.252 e. The van der Waals surface area contributed by atoms with Crippen molar-refractivity contribution in [3.63, 3.8) is 0 Å². The van der Waals surface area contributed by atoms with E-state index in [0.717, 1.165) is 12.8 Å². The van der Waals surface area contributed by atoms with Crippen LogP contribution in [0.2, 0.25) is 0 Å². The van der Waals surface area contributed by atoms with Crippen LogP contribution >= 0.6 is 0 Å². The van der Waals surface area contributed by atoms with E-state index in [1.165, 1.54) is 6.20 Å². The maximum atomic E-state index is 13.9. The summed E-state index contributed by atoms with van der Waals surface area (Å²) < 4.78 is 13.9. The van der Waals surface area contributed by atoms with Gasteiger partial charge in [0.2, 0.25) is 5.95 Å². The molecular weight excluding hydrogens is 295 g/mol. The summed E-state index contributed by atoms with van der Waals surface area (Å²) in [6.45, 7) is 7.89. The molecule has 1 saturated carbocycles. The van der Waals surface area contributed by atoms with E-state index in [4.69, 9.17) is 5.73 Å². The number of anilines is 1. The molecule has 0 bridgehead atoms. The van der Waals surface area contributed by atoms with Crippen LogP contribution in [0.4, 0.5) is 10.3 Å². The van der Waals surface area contributed by atoms with Crippen LogP contribution in [-0.4, -0.2) is 27.6 Å². The summed E-state index contributed by atoms with van der Waals surface area (Å²) in [4.78, 5) is 20.3. The average molecular weight is 322 g/mol. The first kappa shape index (κ1) is 17.6. The van der Waals surface area contributed by atoms with Crippen molar-refractivity contribution in [2.75, 3.05) is 5.32 Å². The van der Waals surface area contributed by atoms with Crippen molar-refractivity contribution in [1.82, 2.24) is 9.97 Å². The molecule has 0 radical (unpaired) electrons. The molecule has 1 aromatic rings. The number of carbonyl (C=O) groups excluding carboxylic acids is 1. The second-order valence-corrected chi connectivity index (χ2v) is 7.99. The Hall–Kier alpha value is -1.72. The Bertz CT molecular complexity index is 570. The molecular formula is C17H27FN4O. The van der Waals surface area contributed by atoms with Crippen molar-refractivity contribution in [1.29, 1.82) is 0 Å². The number of nitrogens with zero attached hydrogens (tertiary/aromatic N) is 2. The van der Waals surface area contributed by atoms with E-state index in [0.29, 0.717) is 36.5 Å². The third kappa shape index (κ3) is 5.15. The Morgan fingerprint density at radius 3 is 2.57 bits per heavy atom. The van der Waals surface area contributed by atoms with Gasteiger partial charge in [0.25, 0.3) is 5.91 Å². The molecule has 23 heavy (non-hydrogen) atoms. The predicted molar refractivity (Wildman–Crippen MR) is 89.1 cm³/mol. The fourth-order valence-electron chi connectivity index (χ4n) is 2.88. The first-order chi connectivity index (χ1) is 10.6. The van der Waals surface area contributed by atoms with Gasteiger partial charge in [-0.2, -0.15) is 0 Å². The van der Waals surface area contributed by atoms with Crippen LogP contribution in [0.5, 0.6) is 0 Å². The number of hydrogen-bond acceptors (Lipinski definition) is 4. The summed E-state index contributed by atoms with van der Waals surface area (Å²) in [6.07, 6.45) is 4.71.